The third-order valence-corrected chi connectivity index (χ3v) is 5.35. The van der Waals surface area contributed by atoms with Gasteiger partial charge in [-0.1, -0.05) is 49.4 Å². The number of benzene rings is 1. The summed E-state index contributed by atoms with van der Waals surface area (Å²) >= 11 is 12.5. The SMILES string of the molecule is CC1CC2(CCCCC2)Nc2ccc(Cl)c(Cl)c21. The number of hydrogen-bond acceptors (Lipinski definition) is 1. The van der Waals surface area contributed by atoms with Crippen LogP contribution in [0.4, 0.5) is 5.69 Å². The lowest BCUT2D eigenvalue weighted by Crippen LogP contribution is -2.44. The summed E-state index contributed by atoms with van der Waals surface area (Å²) in [7, 11) is 0. The molecule has 1 nitrogen and oxygen atoms in total. The highest BCUT2D eigenvalue weighted by atomic mass is 35.5. The summed E-state index contributed by atoms with van der Waals surface area (Å²) in [5, 5.41) is 5.17. The molecule has 2 aliphatic rings. The molecule has 0 radical (unpaired) electrons. The lowest BCUT2D eigenvalue weighted by atomic mass is 9.72. The molecule has 98 valence electrons. The van der Waals surface area contributed by atoms with Gasteiger partial charge in [-0.15, -0.1) is 0 Å². The zero-order valence-electron chi connectivity index (χ0n) is 10.7. The van der Waals surface area contributed by atoms with Crippen LogP contribution >= 0.6 is 23.2 Å². The van der Waals surface area contributed by atoms with Gasteiger partial charge < -0.3 is 5.32 Å². The average Bonchev–Trinajstić information content (AvgIpc) is 2.34. The molecule has 0 amide bonds. The van der Waals surface area contributed by atoms with Crippen molar-refractivity contribution in [3.05, 3.63) is 27.7 Å². The lowest BCUT2D eigenvalue weighted by Gasteiger charge is -2.45. The van der Waals surface area contributed by atoms with E-state index in [-0.39, 0.29) is 0 Å². The van der Waals surface area contributed by atoms with E-state index in [0.717, 1.165) is 5.02 Å². The van der Waals surface area contributed by atoms with Crippen LogP contribution in [0.15, 0.2) is 12.1 Å². The molecule has 1 atom stereocenters. The first-order valence-electron chi connectivity index (χ1n) is 6.87. The number of hydrogen-bond donors (Lipinski definition) is 1. The highest BCUT2D eigenvalue weighted by Crippen LogP contribution is 2.48. The molecule has 1 aromatic carbocycles. The number of fused-ring (bicyclic) bond motifs is 1. The first-order chi connectivity index (χ1) is 8.61. The summed E-state index contributed by atoms with van der Waals surface area (Å²) in [6.45, 7) is 2.28. The van der Waals surface area contributed by atoms with Crippen LogP contribution in [-0.4, -0.2) is 5.54 Å². The predicted octanol–water partition coefficient (Wildman–Crippen LogP) is 5.62. The van der Waals surface area contributed by atoms with E-state index in [0.29, 0.717) is 16.5 Å². The third kappa shape index (κ3) is 2.02. The Morgan fingerprint density at radius 2 is 1.89 bits per heavy atom. The third-order valence-electron chi connectivity index (χ3n) is 4.53. The van der Waals surface area contributed by atoms with Crippen molar-refractivity contribution in [1.29, 1.82) is 0 Å². The van der Waals surface area contributed by atoms with Gasteiger partial charge in [0.15, 0.2) is 0 Å². The summed E-state index contributed by atoms with van der Waals surface area (Å²) in [6, 6.07) is 4.00. The van der Waals surface area contributed by atoms with Gasteiger partial charge in [0.25, 0.3) is 0 Å². The van der Waals surface area contributed by atoms with Crippen LogP contribution in [0.3, 0.4) is 0 Å². The minimum Gasteiger partial charge on any atom is -0.379 e. The van der Waals surface area contributed by atoms with Gasteiger partial charge in [0.05, 0.1) is 10.0 Å². The maximum absolute atomic E-state index is 6.36. The van der Waals surface area contributed by atoms with E-state index in [4.69, 9.17) is 23.2 Å². The van der Waals surface area contributed by atoms with Crippen molar-refractivity contribution in [3.8, 4) is 0 Å². The second kappa shape index (κ2) is 4.61. The van der Waals surface area contributed by atoms with Crippen LogP contribution in [0.2, 0.25) is 10.0 Å². The van der Waals surface area contributed by atoms with Crippen LogP contribution in [0, 0.1) is 0 Å². The molecule has 1 N–H and O–H groups in total. The normalized spacial score (nSPS) is 25.6. The van der Waals surface area contributed by atoms with Crippen LogP contribution in [0.25, 0.3) is 0 Å². The Labute approximate surface area is 119 Å². The zero-order valence-corrected chi connectivity index (χ0v) is 12.2. The van der Waals surface area contributed by atoms with E-state index in [2.05, 4.69) is 18.3 Å². The van der Waals surface area contributed by atoms with Crippen molar-refractivity contribution >= 4 is 28.9 Å². The largest absolute Gasteiger partial charge is 0.379 e. The van der Waals surface area contributed by atoms with Gasteiger partial charge in [0.1, 0.15) is 0 Å². The first kappa shape index (κ1) is 12.6. The number of anilines is 1. The molecule has 1 unspecified atom stereocenters. The maximum Gasteiger partial charge on any atom is 0.0647 e. The average molecular weight is 284 g/mol. The Bertz CT molecular complexity index is 464. The molecular formula is C15H19Cl2N. The molecule has 0 bridgehead atoms. The molecule has 1 heterocycles. The monoisotopic (exact) mass is 283 g/mol. The summed E-state index contributed by atoms with van der Waals surface area (Å²) < 4.78 is 0. The van der Waals surface area contributed by atoms with Gasteiger partial charge in [-0.3, -0.25) is 0 Å². The molecule has 1 spiro atoms. The molecule has 0 saturated heterocycles. The van der Waals surface area contributed by atoms with Gasteiger partial charge in [0, 0.05) is 11.2 Å². The first-order valence-corrected chi connectivity index (χ1v) is 7.63. The number of rotatable bonds is 0. The van der Waals surface area contributed by atoms with Gasteiger partial charge in [0.2, 0.25) is 0 Å². The van der Waals surface area contributed by atoms with E-state index >= 15 is 0 Å². The predicted molar refractivity (Wildman–Crippen MR) is 78.9 cm³/mol. The Morgan fingerprint density at radius 3 is 2.61 bits per heavy atom. The minimum atomic E-state index is 0.307. The van der Waals surface area contributed by atoms with Gasteiger partial charge in [-0.25, -0.2) is 0 Å². The van der Waals surface area contributed by atoms with E-state index in [1.165, 1.54) is 49.8 Å². The molecule has 1 aromatic rings. The standard InChI is InChI=1S/C15H19Cl2N/c1-10-9-15(7-3-2-4-8-15)18-12-6-5-11(16)14(17)13(10)12/h5-6,10,18H,2-4,7-9H2,1H3. The molecule has 1 aliphatic heterocycles. The second-order valence-electron chi connectivity index (χ2n) is 5.89. The molecular weight excluding hydrogens is 265 g/mol. The minimum absolute atomic E-state index is 0.307. The van der Waals surface area contributed by atoms with Gasteiger partial charge >= 0.3 is 0 Å². The van der Waals surface area contributed by atoms with Crippen LogP contribution in [0.5, 0.6) is 0 Å². The fourth-order valence-electron chi connectivity index (χ4n) is 3.74. The van der Waals surface area contributed by atoms with Crippen molar-refractivity contribution in [1.82, 2.24) is 0 Å². The quantitative estimate of drug-likeness (QED) is 0.652. The van der Waals surface area contributed by atoms with Crippen molar-refractivity contribution in [2.45, 2.75) is 56.9 Å². The van der Waals surface area contributed by atoms with Crippen molar-refractivity contribution in [2.75, 3.05) is 5.32 Å². The van der Waals surface area contributed by atoms with Crippen LogP contribution in [-0.2, 0) is 0 Å². The summed E-state index contributed by atoms with van der Waals surface area (Å²) in [4.78, 5) is 0. The molecule has 3 rings (SSSR count). The topological polar surface area (TPSA) is 12.0 Å². The summed E-state index contributed by atoms with van der Waals surface area (Å²) in [5.74, 6) is 0.491. The second-order valence-corrected chi connectivity index (χ2v) is 6.68. The maximum atomic E-state index is 6.36. The van der Waals surface area contributed by atoms with Crippen molar-refractivity contribution in [2.24, 2.45) is 0 Å². The molecule has 1 saturated carbocycles. The molecule has 1 fully saturated rings. The van der Waals surface area contributed by atoms with Crippen LogP contribution < -0.4 is 5.32 Å². The fourth-order valence-corrected chi connectivity index (χ4v) is 4.26. The molecule has 3 heteroatoms. The van der Waals surface area contributed by atoms with Crippen molar-refractivity contribution in [3.63, 3.8) is 0 Å². The van der Waals surface area contributed by atoms with Crippen molar-refractivity contribution < 1.29 is 0 Å². The van der Waals surface area contributed by atoms with E-state index in [1.54, 1.807) is 0 Å². The smallest absolute Gasteiger partial charge is 0.0647 e. The number of halogens is 2. The molecule has 1 aliphatic carbocycles. The lowest BCUT2D eigenvalue weighted by molar-refractivity contribution is 0.282. The van der Waals surface area contributed by atoms with E-state index < -0.39 is 0 Å². The Kier molecular flexibility index (Phi) is 3.23. The highest BCUT2D eigenvalue weighted by molar-refractivity contribution is 6.42. The Balaban J connectivity index is 2.00. The highest BCUT2D eigenvalue weighted by Gasteiger charge is 2.38. The molecule has 0 aromatic heterocycles. The fraction of sp³-hybridized carbons (Fsp3) is 0.600. The van der Waals surface area contributed by atoms with E-state index in [1.807, 2.05) is 6.07 Å². The zero-order chi connectivity index (χ0) is 12.8. The number of nitrogens with one attached hydrogen (secondary N) is 1. The van der Waals surface area contributed by atoms with Crippen LogP contribution in [0.1, 0.15) is 56.9 Å². The van der Waals surface area contributed by atoms with E-state index in [9.17, 15) is 0 Å². The summed E-state index contributed by atoms with van der Waals surface area (Å²) in [5.41, 5.74) is 2.72. The summed E-state index contributed by atoms with van der Waals surface area (Å²) in [6.07, 6.45) is 7.83. The Hall–Kier alpha value is -0.400. The van der Waals surface area contributed by atoms with Gasteiger partial charge in [-0.2, -0.15) is 0 Å². The Morgan fingerprint density at radius 1 is 1.17 bits per heavy atom. The molecule has 18 heavy (non-hydrogen) atoms. The van der Waals surface area contributed by atoms with Gasteiger partial charge in [-0.05, 0) is 42.9 Å².